The minimum atomic E-state index is -0.0133. The van der Waals surface area contributed by atoms with Crippen molar-refractivity contribution in [1.82, 2.24) is 9.80 Å². The summed E-state index contributed by atoms with van der Waals surface area (Å²) >= 11 is 0. The second kappa shape index (κ2) is 8.31. The molecule has 3 rings (SSSR count). The lowest BCUT2D eigenvalue weighted by Crippen LogP contribution is -2.49. The summed E-state index contributed by atoms with van der Waals surface area (Å²) < 4.78 is 0. The quantitative estimate of drug-likeness (QED) is 0.935. The van der Waals surface area contributed by atoms with Gasteiger partial charge in [0, 0.05) is 38.4 Å². The molecule has 2 aromatic rings. The number of hydrogen-bond acceptors (Lipinski definition) is 2. The van der Waals surface area contributed by atoms with Gasteiger partial charge in [-0.25, -0.2) is 4.79 Å². The van der Waals surface area contributed by atoms with Crippen LogP contribution < -0.4 is 5.32 Å². The Morgan fingerprint density at radius 1 is 0.917 bits per heavy atom. The molecule has 0 aromatic heterocycles. The first-order valence-corrected chi connectivity index (χ1v) is 8.36. The fourth-order valence-corrected chi connectivity index (χ4v) is 2.76. The van der Waals surface area contributed by atoms with Gasteiger partial charge in [0.15, 0.2) is 0 Å². The van der Waals surface area contributed by atoms with Crippen molar-refractivity contribution in [3.05, 3.63) is 72.3 Å². The second-order valence-corrected chi connectivity index (χ2v) is 5.90. The molecule has 24 heavy (non-hydrogen) atoms. The highest BCUT2D eigenvalue weighted by Crippen LogP contribution is 2.09. The number of anilines is 1. The molecule has 0 unspecified atom stereocenters. The third kappa shape index (κ3) is 4.70. The zero-order chi connectivity index (χ0) is 16.6. The molecule has 2 aromatic carbocycles. The summed E-state index contributed by atoms with van der Waals surface area (Å²) in [6.07, 6.45) is 4.34. The average molecular weight is 321 g/mol. The molecule has 124 valence electrons. The van der Waals surface area contributed by atoms with E-state index < -0.39 is 0 Å². The molecule has 0 radical (unpaired) electrons. The smallest absolute Gasteiger partial charge is 0.321 e. The molecule has 1 N–H and O–H groups in total. The molecule has 2 amide bonds. The molecule has 1 fully saturated rings. The highest BCUT2D eigenvalue weighted by molar-refractivity contribution is 5.89. The van der Waals surface area contributed by atoms with Crippen LogP contribution >= 0.6 is 0 Å². The maximum absolute atomic E-state index is 12.3. The van der Waals surface area contributed by atoms with Crippen LogP contribution in [-0.2, 0) is 0 Å². The Bertz CT molecular complexity index is 662. The van der Waals surface area contributed by atoms with Gasteiger partial charge in [0.2, 0.25) is 0 Å². The Labute approximate surface area is 143 Å². The van der Waals surface area contributed by atoms with Gasteiger partial charge in [-0.05, 0) is 17.7 Å². The van der Waals surface area contributed by atoms with Crippen LogP contribution in [0, 0.1) is 0 Å². The summed E-state index contributed by atoms with van der Waals surface area (Å²) in [5.74, 6) is 0. The molecular formula is C20H23N3O. The Morgan fingerprint density at radius 2 is 1.54 bits per heavy atom. The lowest BCUT2D eigenvalue weighted by Gasteiger charge is -2.34. The number of amides is 2. The van der Waals surface area contributed by atoms with Crippen molar-refractivity contribution in [2.24, 2.45) is 0 Å². The summed E-state index contributed by atoms with van der Waals surface area (Å²) in [4.78, 5) is 16.5. The van der Waals surface area contributed by atoms with Gasteiger partial charge < -0.3 is 10.2 Å². The van der Waals surface area contributed by atoms with Crippen LogP contribution in [0.25, 0.3) is 6.08 Å². The molecule has 4 heteroatoms. The number of hydrogen-bond donors (Lipinski definition) is 1. The van der Waals surface area contributed by atoms with Crippen molar-refractivity contribution in [2.45, 2.75) is 0 Å². The monoisotopic (exact) mass is 321 g/mol. The molecular weight excluding hydrogens is 298 g/mol. The van der Waals surface area contributed by atoms with Crippen molar-refractivity contribution in [2.75, 3.05) is 38.0 Å². The largest absolute Gasteiger partial charge is 0.322 e. The summed E-state index contributed by atoms with van der Waals surface area (Å²) in [5, 5.41) is 2.95. The molecule has 1 heterocycles. The first kappa shape index (κ1) is 16.3. The van der Waals surface area contributed by atoms with Gasteiger partial charge in [-0.2, -0.15) is 0 Å². The first-order valence-electron chi connectivity index (χ1n) is 8.36. The molecule has 4 nitrogen and oxygen atoms in total. The van der Waals surface area contributed by atoms with Crippen molar-refractivity contribution in [3.8, 4) is 0 Å². The minimum Gasteiger partial charge on any atom is -0.322 e. The van der Waals surface area contributed by atoms with Crippen LogP contribution in [0.15, 0.2) is 66.7 Å². The Kier molecular flexibility index (Phi) is 5.64. The Balaban J connectivity index is 1.42. The second-order valence-electron chi connectivity index (χ2n) is 5.90. The van der Waals surface area contributed by atoms with Gasteiger partial charge in [-0.15, -0.1) is 0 Å². The number of piperazine rings is 1. The van der Waals surface area contributed by atoms with Crippen LogP contribution in [0.1, 0.15) is 5.56 Å². The topological polar surface area (TPSA) is 35.6 Å². The number of benzene rings is 2. The average Bonchev–Trinajstić information content (AvgIpc) is 2.64. The zero-order valence-corrected chi connectivity index (χ0v) is 13.8. The van der Waals surface area contributed by atoms with E-state index in [1.165, 1.54) is 5.56 Å². The maximum atomic E-state index is 12.3. The van der Waals surface area contributed by atoms with Gasteiger partial charge in [0.1, 0.15) is 0 Å². The van der Waals surface area contributed by atoms with Gasteiger partial charge in [-0.3, -0.25) is 4.90 Å². The van der Waals surface area contributed by atoms with E-state index in [1.54, 1.807) is 0 Å². The molecule has 1 aliphatic heterocycles. The molecule has 0 saturated carbocycles. The Morgan fingerprint density at radius 3 is 2.21 bits per heavy atom. The standard InChI is InChI=1S/C20H23N3O/c24-20(21-19-11-5-2-6-12-19)23-16-14-22(15-17-23)13-7-10-18-8-3-1-4-9-18/h1-12H,13-17H2,(H,21,24)/b10-7+. The van der Waals surface area contributed by atoms with Crippen LogP contribution in [0.4, 0.5) is 10.5 Å². The van der Waals surface area contributed by atoms with E-state index in [0.717, 1.165) is 38.4 Å². The van der Waals surface area contributed by atoms with Crippen LogP contribution in [0.3, 0.4) is 0 Å². The van der Waals surface area contributed by atoms with Crippen LogP contribution in [0.2, 0.25) is 0 Å². The number of nitrogens with zero attached hydrogens (tertiary/aromatic N) is 2. The van der Waals surface area contributed by atoms with Crippen molar-refractivity contribution in [3.63, 3.8) is 0 Å². The predicted molar refractivity (Wildman–Crippen MR) is 98.9 cm³/mol. The van der Waals surface area contributed by atoms with E-state index in [2.05, 4.69) is 34.5 Å². The van der Waals surface area contributed by atoms with Crippen molar-refractivity contribution >= 4 is 17.8 Å². The third-order valence-corrected chi connectivity index (χ3v) is 4.16. The number of rotatable bonds is 4. The Hall–Kier alpha value is -2.59. The first-order chi connectivity index (χ1) is 11.8. The molecule has 0 atom stereocenters. The summed E-state index contributed by atoms with van der Waals surface area (Å²) in [6.45, 7) is 4.25. The van der Waals surface area contributed by atoms with Crippen LogP contribution in [0.5, 0.6) is 0 Å². The van der Waals surface area contributed by atoms with E-state index in [9.17, 15) is 4.79 Å². The van der Waals surface area contributed by atoms with E-state index in [0.29, 0.717) is 0 Å². The van der Waals surface area contributed by atoms with Crippen molar-refractivity contribution in [1.29, 1.82) is 0 Å². The SMILES string of the molecule is O=C(Nc1ccccc1)N1CCN(C/C=C/c2ccccc2)CC1. The van der Waals surface area contributed by atoms with Gasteiger partial charge in [-0.1, -0.05) is 60.7 Å². The summed E-state index contributed by atoms with van der Waals surface area (Å²) in [6, 6.07) is 19.9. The number of carbonyl (C=O) groups excluding carboxylic acids is 1. The highest BCUT2D eigenvalue weighted by atomic mass is 16.2. The fraction of sp³-hybridized carbons (Fsp3) is 0.250. The predicted octanol–water partition coefficient (Wildman–Crippen LogP) is 3.55. The third-order valence-electron chi connectivity index (χ3n) is 4.16. The van der Waals surface area contributed by atoms with E-state index in [4.69, 9.17) is 0 Å². The molecule has 1 saturated heterocycles. The number of para-hydroxylation sites is 1. The number of urea groups is 1. The zero-order valence-electron chi connectivity index (χ0n) is 13.8. The van der Waals surface area contributed by atoms with Crippen molar-refractivity contribution < 1.29 is 4.79 Å². The maximum Gasteiger partial charge on any atom is 0.321 e. The van der Waals surface area contributed by atoms with Gasteiger partial charge >= 0.3 is 6.03 Å². The lowest BCUT2D eigenvalue weighted by molar-refractivity contribution is 0.156. The van der Waals surface area contributed by atoms with E-state index in [-0.39, 0.29) is 6.03 Å². The normalized spacial score (nSPS) is 15.6. The minimum absolute atomic E-state index is 0.0133. The highest BCUT2D eigenvalue weighted by Gasteiger charge is 2.20. The molecule has 0 spiro atoms. The summed E-state index contributed by atoms with van der Waals surface area (Å²) in [7, 11) is 0. The van der Waals surface area contributed by atoms with E-state index >= 15 is 0 Å². The van der Waals surface area contributed by atoms with Gasteiger partial charge in [0.25, 0.3) is 0 Å². The number of nitrogens with one attached hydrogen (secondary N) is 1. The molecule has 0 bridgehead atoms. The van der Waals surface area contributed by atoms with Crippen LogP contribution in [-0.4, -0.2) is 48.6 Å². The summed E-state index contributed by atoms with van der Waals surface area (Å²) in [5.41, 5.74) is 2.06. The number of carbonyl (C=O) groups is 1. The molecule has 1 aliphatic rings. The van der Waals surface area contributed by atoms with Gasteiger partial charge in [0.05, 0.1) is 0 Å². The van der Waals surface area contributed by atoms with E-state index in [1.807, 2.05) is 53.4 Å². The molecule has 0 aliphatic carbocycles. The lowest BCUT2D eigenvalue weighted by atomic mass is 10.2. The fourth-order valence-electron chi connectivity index (χ4n) is 2.76.